The second kappa shape index (κ2) is 10.7. The van der Waals surface area contributed by atoms with Crippen LogP contribution < -0.4 is 16.0 Å². The summed E-state index contributed by atoms with van der Waals surface area (Å²) in [6.45, 7) is 3.33. The lowest BCUT2D eigenvalue weighted by atomic mass is 9.82. The Kier molecular flexibility index (Phi) is 7.28. The molecule has 15 heteroatoms. The molecule has 0 bridgehead atoms. The first kappa shape index (κ1) is 27.9. The van der Waals surface area contributed by atoms with Crippen molar-refractivity contribution in [2.24, 2.45) is 0 Å². The van der Waals surface area contributed by atoms with Gasteiger partial charge in [-0.2, -0.15) is 23.4 Å². The Hall–Kier alpha value is -4.69. The lowest BCUT2D eigenvalue weighted by Crippen LogP contribution is -2.26. The number of rotatable bonds is 7. The van der Waals surface area contributed by atoms with Gasteiger partial charge in [0.05, 0.1) is 22.5 Å². The van der Waals surface area contributed by atoms with E-state index in [0.29, 0.717) is 11.4 Å². The largest absolute Gasteiger partial charge is 0.355 e. The minimum absolute atomic E-state index is 0.00602. The number of halogens is 2. The third-order valence-corrected chi connectivity index (χ3v) is 7.09. The van der Waals surface area contributed by atoms with Gasteiger partial charge in [0.15, 0.2) is 11.6 Å². The summed E-state index contributed by atoms with van der Waals surface area (Å²) in [6, 6.07) is 13.3. The quantitative estimate of drug-likeness (QED) is 0.146. The summed E-state index contributed by atoms with van der Waals surface area (Å²) < 4.78 is 34.9. The molecule has 0 spiro atoms. The summed E-state index contributed by atoms with van der Waals surface area (Å²) in [5.74, 6) is -2.10. The molecule has 0 unspecified atom stereocenters. The number of nitrogens with one attached hydrogen (secondary N) is 3. The maximum Gasteiger partial charge on any atom is 0.296 e. The fraction of sp³-hybridized carbons (Fsp3) is 0. The number of nitrogens with zero attached hydrogens (tertiary/aromatic N) is 3. The van der Waals surface area contributed by atoms with Crippen molar-refractivity contribution in [3.05, 3.63) is 100 Å². The van der Waals surface area contributed by atoms with Crippen LogP contribution in [0.2, 0.25) is 10.6 Å². The number of benzene rings is 3. The van der Waals surface area contributed by atoms with Crippen LogP contribution >= 0.6 is 23.2 Å². The van der Waals surface area contributed by atoms with Crippen molar-refractivity contribution in [3.8, 4) is 0 Å². The minimum Gasteiger partial charge on any atom is -0.355 e. The van der Waals surface area contributed by atoms with Gasteiger partial charge in [0, 0.05) is 22.5 Å². The zero-order valence-corrected chi connectivity index (χ0v) is 22.8. The fourth-order valence-electron chi connectivity index (χ4n) is 4.17. The molecule has 1 aliphatic carbocycles. The van der Waals surface area contributed by atoms with Crippen LogP contribution in [0.25, 0.3) is 0 Å². The first-order chi connectivity index (χ1) is 19.5. The Balaban J connectivity index is 1.62. The molecule has 1 aromatic heterocycles. The number of carbonyl (C=O) groups is 3. The molecule has 1 heterocycles. The first-order valence-corrected chi connectivity index (χ1v) is 13.7. The van der Waals surface area contributed by atoms with Crippen molar-refractivity contribution in [3.63, 3.8) is 0 Å². The maximum absolute atomic E-state index is 13.7. The van der Waals surface area contributed by atoms with Crippen molar-refractivity contribution in [2.45, 2.75) is 4.90 Å². The van der Waals surface area contributed by atoms with E-state index in [2.05, 4.69) is 37.5 Å². The van der Waals surface area contributed by atoms with E-state index in [4.69, 9.17) is 23.2 Å². The maximum atomic E-state index is 13.7. The van der Waals surface area contributed by atoms with Crippen LogP contribution in [0.5, 0.6) is 0 Å². The number of aromatic nitrogens is 3. The molecule has 0 radical (unpaired) electrons. The standard InChI is InChI=1S/C26H16Cl2N6O6S/c1-2-18(35)31-21-17(41(38,39)40)11-16(19-20(21)23(37)15-6-4-3-5-14(15)22(19)36)29-12-7-9-13(10-8-12)30-26-33-24(27)32-25(28)34-26/h2-11,29H,1H2,(H,31,35)(H,38,39,40)(H,30,32,33,34). The Morgan fingerprint density at radius 3 is 1.93 bits per heavy atom. The molecule has 0 saturated carbocycles. The van der Waals surface area contributed by atoms with Crippen LogP contribution in [0.3, 0.4) is 0 Å². The molecule has 1 amide bonds. The van der Waals surface area contributed by atoms with E-state index in [9.17, 15) is 27.4 Å². The van der Waals surface area contributed by atoms with Crippen LogP contribution in [-0.2, 0) is 14.9 Å². The van der Waals surface area contributed by atoms with Crippen LogP contribution in [0.1, 0.15) is 31.8 Å². The van der Waals surface area contributed by atoms with Gasteiger partial charge in [-0.05, 0) is 59.6 Å². The summed E-state index contributed by atoms with van der Waals surface area (Å²) in [7, 11) is -5.01. The van der Waals surface area contributed by atoms with Crippen LogP contribution in [0, 0.1) is 0 Å². The van der Waals surface area contributed by atoms with E-state index in [-0.39, 0.29) is 38.9 Å². The zero-order chi connectivity index (χ0) is 29.5. The number of amides is 1. The highest BCUT2D eigenvalue weighted by Crippen LogP contribution is 2.41. The van der Waals surface area contributed by atoms with Gasteiger partial charge in [-0.3, -0.25) is 18.9 Å². The zero-order valence-electron chi connectivity index (χ0n) is 20.5. The second-order valence-electron chi connectivity index (χ2n) is 8.44. The molecule has 12 nitrogen and oxygen atoms in total. The third kappa shape index (κ3) is 5.51. The molecule has 0 saturated heterocycles. The predicted octanol–water partition coefficient (Wildman–Crippen LogP) is 4.81. The summed E-state index contributed by atoms with van der Waals surface area (Å²) in [5, 5.41) is 7.87. The molecule has 4 aromatic rings. The number of anilines is 5. The average Bonchev–Trinajstić information content (AvgIpc) is 2.92. The Morgan fingerprint density at radius 2 is 1.39 bits per heavy atom. The van der Waals surface area contributed by atoms with Gasteiger partial charge >= 0.3 is 0 Å². The van der Waals surface area contributed by atoms with Crippen molar-refractivity contribution in [2.75, 3.05) is 16.0 Å². The van der Waals surface area contributed by atoms with Crippen molar-refractivity contribution in [1.29, 1.82) is 0 Å². The van der Waals surface area contributed by atoms with Crippen molar-refractivity contribution >= 4 is 79.5 Å². The lowest BCUT2D eigenvalue weighted by Gasteiger charge is -2.25. The topological polar surface area (TPSA) is 180 Å². The second-order valence-corrected chi connectivity index (χ2v) is 10.5. The van der Waals surface area contributed by atoms with E-state index >= 15 is 0 Å². The Morgan fingerprint density at radius 1 is 0.854 bits per heavy atom. The van der Waals surface area contributed by atoms with Gasteiger partial charge in [-0.25, -0.2) is 0 Å². The van der Waals surface area contributed by atoms with Gasteiger partial charge in [-0.1, -0.05) is 30.8 Å². The van der Waals surface area contributed by atoms with E-state index in [1.807, 2.05) is 0 Å². The van der Waals surface area contributed by atoms with E-state index < -0.39 is 43.7 Å². The van der Waals surface area contributed by atoms with E-state index in [1.165, 1.54) is 18.2 Å². The van der Waals surface area contributed by atoms with Gasteiger partial charge in [0.2, 0.25) is 22.4 Å². The summed E-state index contributed by atoms with van der Waals surface area (Å²) in [6.07, 6.45) is 0.851. The van der Waals surface area contributed by atoms with Crippen molar-refractivity contribution in [1.82, 2.24) is 15.0 Å². The van der Waals surface area contributed by atoms with Crippen molar-refractivity contribution < 1.29 is 27.4 Å². The fourth-order valence-corrected chi connectivity index (χ4v) is 5.21. The van der Waals surface area contributed by atoms with Gasteiger partial charge in [-0.15, -0.1) is 0 Å². The molecule has 0 atom stereocenters. The molecular formula is C26H16Cl2N6O6S. The molecule has 3 aromatic carbocycles. The SMILES string of the molecule is C=CC(=O)Nc1c(S(=O)(=O)O)cc(Nc2ccc(Nc3nc(Cl)nc(Cl)n3)cc2)c2c1C(=O)c1ccccc1C2=O. The van der Waals surface area contributed by atoms with Gasteiger partial charge in [0.25, 0.3) is 10.1 Å². The van der Waals surface area contributed by atoms with E-state index in [1.54, 1.807) is 30.3 Å². The molecule has 41 heavy (non-hydrogen) atoms. The molecule has 5 rings (SSSR count). The number of hydrogen-bond donors (Lipinski definition) is 4. The number of fused-ring (bicyclic) bond motifs is 2. The number of hydrogen-bond acceptors (Lipinski definition) is 10. The molecular weight excluding hydrogens is 595 g/mol. The summed E-state index contributed by atoms with van der Waals surface area (Å²) >= 11 is 11.6. The highest BCUT2D eigenvalue weighted by atomic mass is 35.5. The summed E-state index contributed by atoms with van der Waals surface area (Å²) in [4.78, 5) is 50.2. The van der Waals surface area contributed by atoms with Gasteiger partial charge < -0.3 is 16.0 Å². The molecule has 0 fully saturated rings. The molecule has 1 aliphatic rings. The number of ketones is 2. The van der Waals surface area contributed by atoms with Crippen LogP contribution in [0.4, 0.5) is 28.7 Å². The monoisotopic (exact) mass is 610 g/mol. The summed E-state index contributed by atoms with van der Waals surface area (Å²) in [5.41, 5.74) is -0.270. The average molecular weight is 611 g/mol. The van der Waals surface area contributed by atoms with Gasteiger partial charge in [0.1, 0.15) is 4.90 Å². The smallest absolute Gasteiger partial charge is 0.296 e. The highest BCUT2D eigenvalue weighted by Gasteiger charge is 2.37. The van der Waals surface area contributed by atoms with Crippen LogP contribution in [0.15, 0.2) is 72.1 Å². The highest BCUT2D eigenvalue weighted by molar-refractivity contribution is 7.86. The molecule has 0 aliphatic heterocycles. The van der Waals surface area contributed by atoms with E-state index in [0.717, 1.165) is 12.1 Å². The normalized spacial score (nSPS) is 12.3. The Labute approximate surface area is 242 Å². The van der Waals surface area contributed by atoms with Crippen LogP contribution in [-0.4, -0.2) is 45.4 Å². The molecule has 206 valence electrons. The third-order valence-electron chi connectivity index (χ3n) is 5.87. The molecule has 4 N–H and O–H groups in total. The Bertz CT molecular complexity index is 1880. The minimum atomic E-state index is -5.01. The lowest BCUT2D eigenvalue weighted by molar-refractivity contribution is -0.111. The predicted molar refractivity (Wildman–Crippen MR) is 151 cm³/mol. The number of carbonyl (C=O) groups excluding carboxylic acids is 3. The first-order valence-electron chi connectivity index (χ1n) is 11.5.